The normalized spacial score (nSPS) is 17.4. The zero-order valence-corrected chi connectivity index (χ0v) is 27.8. The third kappa shape index (κ3) is 8.14. The second-order valence-electron chi connectivity index (χ2n) is 12.7. The van der Waals surface area contributed by atoms with Crippen molar-refractivity contribution in [3.05, 3.63) is 119 Å². The van der Waals surface area contributed by atoms with Crippen molar-refractivity contribution in [2.45, 2.75) is 44.6 Å². The molecule has 4 aromatic carbocycles. The molecule has 264 valence electrons. The number of halogens is 5. The Morgan fingerprint density at radius 2 is 1.54 bits per heavy atom. The van der Waals surface area contributed by atoms with Crippen LogP contribution in [0, 0.1) is 5.92 Å². The number of carbonyl (C=O) groups is 2. The highest BCUT2D eigenvalue weighted by Crippen LogP contribution is 2.38. The fraction of sp³-hybridized carbons (Fsp3) is 0.316. The average Bonchev–Trinajstić information content (AvgIpc) is 3.10. The van der Waals surface area contributed by atoms with Crippen molar-refractivity contribution in [1.29, 1.82) is 0 Å². The lowest BCUT2D eigenvalue weighted by Crippen LogP contribution is -2.49. The molecule has 2 N–H and O–H groups in total. The van der Waals surface area contributed by atoms with Crippen LogP contribution in [0.25, 0.3) is 11.1 Å². The number of anilines is 1. The van der Waals surface area contributed by atoms with Gasteiger partial charge in [0.05, 0.1) is 29.5 Å². The largest absolute Gasteiger partial charge is 0.486 e. The number of aliphatic hydroxyl groups excluding tert-OH is 1. The number of para-hydroxylation sites is 1. The first-order valence-corrected chi connectivity index (χ1v) is 16.1. The summed E-state index contributed by atoms with van der Waals surface area (Å²) in [5, 5.41) is 12.1. The Kier molecular flexibility index (Phi) is 10.9. The highest BCUT2D eigenvalue weighted by molar-refractivity contribution is 6.03. The molecule has 3 atom stereocenters. The van der Waals surface area contributed by atoms with E-state index in [2.05, 4.69) is 5.32 Å². The molecule has 0 spiro atoms. The molecule has 1 heterocycles. The van der Waals surface area contributed by atoms with Crippen LogP contribution in [0.4, 0.5) is 27.6 Å². The maximum atomic E-state index is 15.3. The number of likely N-dealkylation sites (N-methyl/N-ethyl adjacent to an activating group) is 1. The molecule has 50 heavy (non-hydrogen) atoms. The monoisotopic (exact) mass is 695 g/mol. The minimum atomic E-state index is -4.74. The van der Waals surface area contributed by atoms with Gasteiger partial charge in [-0.05, 0) is 54.9 Å². The van der Waals surface area contributed by atoms with Gasteiger partial charge in [0.1, 0.15) is 6.10 Å². The quantitative estimate of drug-likeness (QED) is 0.169. The lowest BCUT2D eigenvalue weighted by atomic mass is 9.98. The van der Waals surface area contributed by atoms with Crippen molar-refractivity contribution in [2.24, 2.45) is 5.92 Å². The Labute approximate surface area is 287 Å². The van der Waals surface area contributed by atoms with Crippen LogP contribution in [-0.2, 0) is 23.4 Å². The SMILES string of the molecule is C[C@@H]1CN([C@@H](C)CO)C(=O)c2cccc(NC(=O)C(F)(F)c3ccc(C(F)(F)F)cc3)c2O[C@@H]1CN(C)Cc1ccc(-c2ccccc2)cc1. The Balaban J connectivity index is 1.41. The summed E-state index contributed by atoms with van der Waals surface area (Å²) >= 11 is 0. The molecule has 0 unspecified atom stereocenters. The fourth-order valence-electron chi connectivity index (χ4n) is 5.88. The summed E-state index contributed by atoms with van der Waals surface area (Å²) in [5.74, 6) is -6.99. The van der Waals surface area contributed by atoms with Crippen molar-refractivity contribution in [2.75, 3.05) is 32.1 Å². The van der Waals surface area contributed by atoms with Gasteiger partial charge in [0.15, 0.2) is 5.75 Å². The minimum absolute atomic E-state index is 0.00278. The highest BCUT2D eigenvalue weighted by Gasteiger charge is 2.43. The van der Waals surface area contributed by atoms with Crippen LogP contribution in [0.15, 0.2) is 97.1 Å². The maximum Gasteiger partial charge on any atom is 0.416 e. The Morgan fingerprint density at radius 1 is 0.920 bits per heavy atom. The molecule has 1 aliphatic rings. The molecule has 0 aliphatic carbocycles. The number of amides is 2. The minimum Gasteiger partial charge on any atom is -0.486 e. The summed E-state index contributed by atoms with van der Waals surface area (Å²) in [4.78, 5) is 30.3. The number of rotatable bonds is 10. The topological polar surface area (TPSA) is 82.1 Å². The van der Waals surface area contributed by atoms with Crippen LogP contribution < -0.4 is 10.1 Å². The Bertz CT molecular complexity index is 1780. The van der Waals surface area contributed by atoms with Crippen LogP contribution in [-0.4, -0.2) is 65.6 Å². The number of benzene rings is 4. The summed E-state index contributed by atoms with van der Waals surface area (Å²) < 4.78 is 76.1. The van der Waals surface area contributed by atoms with Gasteiger partial charge in [0.2, 0.25) is 0 Å². The lowest BCUT2D eigenvalue weighted by Gasteiger charge is -2.38. The smallest absolute Gasteiger partial charge is 0.416 e. The van der Waals surface area contributed by atoms with Gasteiger partial charge in [0.25, 0.3) is 11.8 Å². The van der Waals surface area contributed by atoms with Crippen LogP contribution in [0.5, 0.6) is 5.75 Å². The number of nitrogens with one attached hydrogen (secondary N) is 1. The number of aliphatic hydroxyl groups is 1. The van der Waals surface area contributed by atoms with E-state index in [1.165, 1.54) is 23.1 Å². The van der Waals surface area contributed by atoms with Crippen molar-refractivity contribution in [1.82, 2.24) is 9.80 Å². The molecular formula is C38H38F5N3O4. The number of hydrogen-bond acceptors (Lipinski definition) is 5. The second-order valence-corrected chi connectivity index (χ2v) is 12.7. The van der Waals surface area contributed by atoms with Gasteiger partial charge in [-0.2, -0.15) is 22.0 Å². The molecule has 2 amide bonds. The first-order valence-electron chi connectivity index (χ1n) is 16.1. The molecule has 0 aromatic heterocycles. The van der Waals surface area contributed by atoms with Gasteiger partial charge < -0.3 is 20.1 Å². The number of carbonyl (C=O) groups excluding carboxylic acids is 2. The van der Waals surface area contributed by atoms with Gasteiger partial charge in [0, 0.05) is 31.1 Å². The van der Waals surface area contributed by atoms with Crippen LogP contribution in [0.2, 0.25) is 0 Å². The van der Waals surface area contributed by atoms with E-state index in [1.54, 1.807) is 6.92 Å². The molecule has 7 nitrogen and oxygen atoms in total. The molecule has 0 saturated heterocycles. The first kappa shape index (κ1) is 36.5. The molecule has 4 aromatic rings. The highest BCUT2D eigenvalue weighted by atomic mass is 19.4. The Morgan fingerprint density at radius 3 is 2.16 bits per heavy atom. The number of alkyl halides is 5. The van der Waals surface area contributed by atoms with Gasteiger partial charge in [-0.3, -0.25) is 14.5 Å². The molecule has 0 saturated carbocycles. The molecule has 0 radical (unpaired) electrons. The van der Waals surface area contributed by atoms with E-state index in [0.717, 1.165) is 16.7 Å². The van der Waals surface area contributed by atoms with E-state index in [4.69, 9.17) is 4.74 Å². The number of hydrogen-bond donors (Lipinski definition) is 2. The van der Waals surface area contributed by atoms with Crippen LogP contribution >= 0.6 is 0 Å². The third-order valence-corrected chi connectivity index (χ3v) is 8.80. The third-order valence-electron chi connectivity index (χ3n) is 8.80. The van der Waals surface area contributed by atoms with Gasteiger partial charge in [-0.25, -0.2) is 0 Å². The number of fused-ring (bicyclic) bond motifs is 1. The van der Waals surface area contributed by atoms with E-state index in [9.17, 15) is 27.9 Å². The maximum absolute atomic E-state index is 15.3. The van der Waals surface area contributed by atoms with Crippen molar-refractivity contribution < 1.29 is 41.4 Å². The van der Waals surface area contributed by atoms with E-state index in [0.29, 0.717) is 37.4 Å². The molecular weight excluding hydrogens is 657 g/mol. The molecule has 5 rings (SSSR count). The predicted molar refractivity (Wildman–Crippen MR) is 180 cm³/mol. The molecule has 1 aliphatic heterocycles. The molecule has 0 fully saturated rings. The predicted octanol–water partition coefficient (Wildman–Crippen LogP) is 7.46. The zero-order chi connectivity index (χ0) is 36.2. The zero-order valence-electron chi connectivity index (χ0n) is 27.8. The second kappa shape index (κ2) is 15.0. The summed E-state index contributed by atoms with van der Waals surface area (Å²) in [7, 11) is 1.90. The summed E-state index contributed by atoms with van der Waals surface area (Å²) in [6, 6.07) is 23.8. The molecule has 0 bridgehead atoms. The molecule has 12 heteroatoms. The summed E-state index contributed by atoms with van der Waals surface area (Å²) in [6.45, 7) is 4.36. The van der Waals surface area contributed by atoms with Crippen molar-refractivity contribution >= 4 is 17.5 Å². The van der Waals surface area contributed by atoms with E-state index >= 15 is 8.78 Å². The average molecular weight is 696 g/mol. The van der Waals surface area contributed by atoms with Gasteiger partial charge in [-0.1, -0.05) is 79.7 Å². The van der Waals surface area contributed by atoms with Crippen LogP contribution in [0.1, 0.15) is 40.9 Å². The van der Waals surface area contributed by atoms with E-state index in [1.807, 2.05) is 73.5 Å². The summed E-state index contributed by atoms with van der Waals surface area (Å²) in [5.41, 5.74) is 0.928. The number of nitrogens with zero attached hydrogens (tertiary/aromatic N) is 2. The summed E-state index contributed by atoms with van der Waals surface area (Å²) in [6.07, 6.45) is -5.34. The Hall–Kier alpha value is -4.81. The van der Waals surface area contributed by atoms with Crippen LogP contribution in [0.3, 0.4) is 0 Å². The van der Waals surface area contributed by atoms with Crippen molar-refractivity contribution in [3.63, 3.8) is 0 Å². The van der Waals surface area contributed by atoms with Gasteiger partial charge >= 0.3 is 12.1 Å². The fourth-order valence-corrected chi connectivity index (χ4v) is 5.88. The first-order chi connectivity index (χ1) is 23.7. The number of ether oxygens (including phenoxy) is 1. The van der Waals surface area contributed by atoms with Gasteiger partial charge in [-0.15, -0.1) is 0 Å². The van der Waals surface area contributed by atoms with E-state index in [-0.39, 0.29) is 36.1 Å². The standard InChI is InChI=1S/C38H38F5N3O4/c1-24-20-46(25(2)23-47)35(48)31-10-7-11-32(44-36(49)37(39,40)29-16-18-30(19-17-29)38(41,42)43)34(31)50-33(24)22-45(3)21-26-12-14-28(15-13-26)27-8-5-4-6-9-27/h4-19,24-25,33,47H,20-23H2,1-3H3,(H,44,49)/t24-,25+,33-/m1/s1. The van der Waals surface area contributed by atoms with Crippen molar-refractivity contribution in [3.8, 4) is 16.9 Å². The van der Waals surface area contributed by atoms with E-state index < -0.39 is 47.2 Å². The lowest BCUT2D eigenvalue weighted by molar-refractivity contribution is -0.141.